The molecule has 0 spiro atoms. The van der Waals surface area contributed by atoms with Crippen molar-refractivity contribution in [2.45, 2.75) is 39.3 Å². The lowest BCUT2D eigenvalue weighted by atomic mass is 10.1. The summed E-state index contributed by atoms with van der Waals surface area (Å²) in [6.07, 6.45) is -1.29. The number of carbonyl (C=O) groups excluding carboxylic acids is 3. The van der Waals surface area contributed by atoms with Crippen LogP contribution in [0, 0.1) is 5.82 Å². The number of hydrogen-bond donors (Lipinski definition) is 2. The van der Waals surface area contributed by atoms with E-state index in [2.05, 4.69) is 10.6 Å². The van der Waals surface area contributed by atoms with Gasteiger partial charge in [-0.1, -0.05) is 12.1 Å². The molecule has 1 aromatic carbocycles. The van der Waals surface area contributed by atoms with Gasteiger partial charge in [0, 0.05) is 6.04 Å². The van der Waals surface area contributed by atoms with Gasteiger partial charge in [-0.25, -0.2) is 9.18 Å². The number of ether oxygens (including phenoxy) is 1. The van der Waals surface area contributed by atoms with E-state index in [0.29, 0.717) is 5.56 Å². The minimum atomic E-state index is -1.13. The highest BCUT2D eigenvalue weighted by atomic mass is 19.1. The Kier molecular flexibility index (Phi) is 6.49. The van der Waals surface area contributed by atoms with E-state index < -0.39 is 29.8 Å². The average molecular weight is 310 g/mol. The maximum Gasteiger partial charge on any atom is 0.321 e. The molecular weight excluding hydrogens is 291 g/mol. The van der Waals surface area contributed by atoms with Crippen molar-refractivity contribution < 1.29 is 23.5 Å². The molecule has 0 saturated carbocycles. The van der Waals surface area contributed by atoms with Gasteiger partial charge in [-0.05, 0) is 38.5 Å². The zero-order valence-electron chi connectivity index (χ0n) is 12.7. The zero-order chi connectivity index (χ0) is 16.7. The van der Waals surface area contributed by atoms with Gasteiger partial charge in [0.15, 0.2) is 6.10 Å². The molecular formula is C15H19FN2O4. The van der Waals surface area contributed by atoms with E-state index in [1.807, 2.05) is 0 Å². The average Bonchev–Trinajstić information content (AvgIpc) is 2.37. The number of carbonyl (C=O) groups is 3. The summed E-state index contributed by atoms with van der Waals surface area (Å²) in [6.45, 7) is 4.83. The van der Waals surface area contributed by atoms with Crippen molar-refractivity contribution in [2.75, 3.05) is 0 Å². The van der Waals surface area contributed by atoms with Crippen LogP contribution in [0.3, 0.4) is 0 Å². The first-order valence-electron chi connectivity index (χ1n) is 6.83. The highest BCUT2D eigenvalue weighted by Gasteiger charge is 2.20. The van der Waals surface area contributed by atoms with Crippen LogP contribution in [0.4, 0.5) is 9.18 Å². The van der Waals surface area contributed by atoms with Gasteiger partial charge < -0.3 is 10.1 Å². The SMILES string of the molecule is CC(C)NC(=O)NC(=O)[C@H](C)OC(=O)Cc1cccc(F)c1. The Hall–Kier alpha value is -2.44. The number of nitrogens with one attached hydrogen (secondary N) is 2. The first-order chi connectivity index (χ1) is 10.3. The molecule has 7 heteroatoms. The van der Waals surface area contributed by atoms with Crippen molar-refractivity contribution in [3.8, 4) is 0 Å². The maximum absolute atomic E-state index is 13.0. The Bertz CT molecular complexity index is 560. The van der Waals surface area contributed by atoms with E-state index in [1.165, 1.54) is 25.1 Å². The topological polar surface area (TPSA) is 84.5 Å². The van der Waals surface area contributed by atoms with Crippen LogP contribution in [0.5, 0.6) is 0 Å². The second-order valence-corrected chi connectivity index (χ2v) is 5.06. The normalized spacial score (nSPS) is 11.7. The molecule has 2 N–H and O–H groups in total. The summed E-state index contributed by atoms with van der Waals surface area (Å²) in [5, 5.41) is 4.54. The molecule has 6 nitrogen and oxygen atoms in total. The van der Waals surface area contributed by atoms with E-state index in [1.54, 1.807) is 19.9 Å². The number of amides is 3. The van der Waals surface area contributed by atoms with Crippen molar-refractivity contribution >= 4 is 17.9 Å². The van der Waals surface area contributed by atoms with Crippen LogP contribution in [-0.4, -0.2) is 30.1 Å². The summed E-state index contributed by atoms with van der Waals surface area (Å²) in [6, 6.07) is 4.74. The molecule has 0 unspecified atom stereocenters. The minimum Gasteiger partial charge on any atom is -0.452 e. The number of hydrogen-bond acceptors (Lipinski definition) is 4. The molecule has 1 aromatic rings. The number of imide groups is 1. The predicted molar refractivity (Wildman–Crippen MR) is 77.5 cm³/mol. The number of urea groups is 1. The van der Waals surface area contributed by atoms with Crippen LogP contribution in [0.2, 0.25) is 0 Å². The van der Waals surface area contributed by atoms with Crippen LogP contribution >= 0.6 is 0 Å². The van der Waals surface area contributed by atoms with E-state index >= 15 is 0 Å². The monoisotopic (exact) mass is 310 g/mol. The van der Waals surface area contributed by atoms with Gasteiger partial charge in [0.25, 0.3) is 5.91 Å². The molecule has 0 aliphatic heterocycles. The second kappa shape index (κ2) is 8.11. The van der Waals surface area contributed by atoms with E-state index in [9.17, 15) is 18.8 Å². The third-order valence-electron chi connectivity index (χ3n) is 2.57. The fourth-order valence-electron chi connectivity index (χ4n) is 1.62. The Morgan fingerprint density at radius 1 is 1.23 bits per heavy atom. The van der Waals surface area contributed by atoms with Crippen LogP contribution < -0.4 is 10.6 Å². The molecule has 0 fully saturated rings. The Balaban J connectivity index is 2.46. The quantitative estimate of drug-likeness (QED) is 0.808. The molecule has 0 heterocycles. The van der Waals surface area contributed by atoms with Crippen LogP contribution in [-0.2, 0) is 20.7 Å². The second-order valence-electron chi connectivity index (χ2n) is 5.06. The van der Waals surface area contributed by atoms with Gasteiger partial charge in [0.05, 0.1) is 6.42 Å². The van der Waals surface area contributed by atoms with Crippen molar-refractivity contribution in [1.82, 2.24) is 10.6 Å². The molecule has 1 rings (SSSR count). The largest absolute Gasteiger partial charge is 0.452 e. The molecule has 0 bridgehead atoms. The van der Waals surface area contributed by atoms with Crippen LogP contribution in [0.15, 0.2) is 24.3 Å². The van der Waals surface area contributed by atoms with E-state index in [-0.39, 0.29) is 12.5 Å². The van der Waals surface area contributed by atoms with Gasteiger partial charge in [-0.3, -0.25) is 14.9 Å². The first-order valence-corrected chi connectivity index (χ1v) is 6.83. The summed E-state index contributed by atoms with van der Waals surface area (Å²) < 4.78 is 17.9. The summed E-state index contributed by atoms with van der Waals surface area (Å²) >= 11 is 0. The van der Waals surface area contributed by atoms with Gasteiger partial charge in [0.2, 0.25) is 0 Å². The van der Waals surface area contributed by atoms with Crippen molar-refractivity contribution in [3.05, 3.63) is 35.6 Å². The zero-order valence-corrected chi connectivity index (χ0v) is 12.7. The number of halogens is 1. The highest BCUT2D eigenvalue weighted by Crippen LogP contribution is 2.06. The van der Waals surface area contributed by atoms with Crippen molar-refractivity contribution in [1.29, 1.82) is 0 Å². The van der Waals surface area contributed by atoms with E-state index in [0.717, 1.165) is 0 Å². The van der Waals surface area contributed by atoms with Crippen molar-refractivity contribution in [3.63, 3.8) is 0 Å². The number of benzene rings is 1. The summed E-state index contributed by atoms with van der Waals surface area (Å²) in [4.78, 5) is 34.7. The Morgan fingerprint density at radius 3 is 2.50 bits per heavy atom. The molecule has 0 aliphatic carbocycles. The van der Waals surface area contributed by atoms with Crippen LogP contribution in [0.25, 0.3) is 0 Å². The lowest BCUT2D eigenvalue weighted by Gasteiger charge is -2.14. The van der Waals surface area contributed by atoms with E-state index in [4.69, 9.17) is 4.74 Å². The Labute approximate surface area is 128 Å². The predicted octanol–water partition coefficient (Wildman–Crippen LogP) is 1.53. The molecule has 22 heavy (non-hydrogen) atoms. The highest BCUT2D eigenvalue weighted by molar-refractivity contribution is 5.97. The lowest BCUT2D eigenvalue weighted by molar-refractivity contribution is -0.153. The van der Waals surface area contributed by atoms with Crippen LogP contribution in [0.1, 0.15) is 26.3 Å². The van der Waals surface area contributed by atoms with Gasteiger partial charge in [0.1, 0.15) is 5.82 Å². The number of rotatable bonds is 5. The molecule has 0 aliphatic rings. The fraction of sp³-hybridized carbons (Fsp3) is 0.400. The minimum absolute atomic E-state index is 0.126. The Morgan fingerprint density at radius 2 is 1.91 bits per heavy atom. The summed E-state index contributed by atoms with van der Waals surface area (Å²) in [5.41, 5.74) is 0.440. The first kappa shape index (κ1) is 17.6. The lowest BCUT2D eigenvalue weighted by Crippen LogP contribution is -2.46. The molecule has 0 aromatic heterocycles. The fourth-order valence-corrected chi connectivity index (χ4v) is 1.62. The molecule has 0 radical (unpaired) electrons. The smallest absolute Gasteiger partial charge is 0.321 e. The van der Waals surface area contributed by atoms with Gasteiger partial charge >= 0.3 is 12.0 Å². The molecule has 0 saturated heterocycles. The molecule has 1 atom stereocenters. The van der Waals surface area contributed by atoms with Crippen molar-refractivity contribution in [2.24, 2.45) is 0 Å². The standard InChI is InChI=1S/C15H19FN2O4/c1-9(2)17-15(21)18-14(20)10(3)22-13(19)8-11-5-4-6-12(16)7-11/h4-7,9-10H,8H2,1-3H3,(H2,17,18,20,21)/t10-/m0/s1. The third-order valence-corrected chi connectivity index (χ3v) is 2.57. The van der Waals surface area contributed by atoms with Gasteiger partial charge in [-0.2, -0.15) is 0 Å². The molecule has 120 valence electrons. The summed E-state index contributed by atoms with van der Waals surface area (Å²) in [7, 11) is 0. The molecule has 3 amide bonds. The number of esters is 1. The van der Waals surface area contributed by atoms with Gasteiger partial charge in [-0.15, -0.1) is 0 Å². The maximum atomic E-state index is 13.0. The summed E-state index contributed by atoms with van der Waals surface area (Å²) in [5.74, 6) is -1.87. The third kappa shape index (κ3) is 6.34.